The van der Waals surface area contributed by atoms with Crippen LogP contribution in [0.25, 0.3) is 0 Å². The molecule has 5 heteroatoms. The fourth-order valence-corrected chi connectivity index (χ4v) is 3.28. The minimum absolute atomic E-state index is 0.187. The maximum atomic E-state index is 13.2. The van der Waals surface area contributed by atoms with Gasteiger partial charge in [0.05, 0.1) is 8.81 Å². The summed E-state index contributed by atoms with van der Waals surface area (Å²) in [5.74, 6) is -0.232. The molecule has 1 N–H and O–H groups in total. The van der Waals surface area contributed by atoms with Crippen LogP contribution in [-0.4, -0.2) is 6.54 Å². The van der Waals surface area contributed by atoms with Crippen molar-refractivity contribution in [3.8, 4) is 0 Å². The van der Waals surface area contributed by atoms with Crippen molar-refractivity contribution >= 4 is 38.9 Å². The molecule has 1 aromatic carbocycles. The molecule has 0 aliphatic heterocycles. The summed E-state index contributed by atoms with van der Waals surface area (Å²) in [6, 6.07) is 9.26. The molecular formula is C14H14BrClFNS. The highest BCUT2D eigenvalue weighted by Crippen LogP contribution is 2.23. The predicted molar refractivity (Wildman–Crippen MR) is 83.6 cm³/mol. The van der Waals surface area contributed by atoms with Gasteiger partial charge in [-0.3, -0.25) is 0 Å². The van der Waals surface area contributed by atoms with Gasteiger partial charge in [-0.05, 0) is 59.1 Å². The van der Waals surface area contributed by atoms with Crippen molar-refractivity contribution in [2.45, 2.75) is 19.4 Å². The van der Waals surface area contributed by atoms with Crippen LogP contribution < -0.4 is 5.32 Å². The molecule has 2 aromatic rings. The number of hydrogen-bond acceptors (Lipinski definition) is 2. The largest absolute Gasteiger partial charge is 0.310 e. The monoisotopic (exact) mass is 361 g/mol. The molecule has 0 aliphatic rings. The van der Waals surface area contributed by atoms with Crippen LogP contribution in [0, 0.1) is 5.82 Å². The first-order chi connectivity index (χ1) is 9.06. The molecule has 19 heavy (non-hydrogen) atoms. The molecular weight excluding hydrogens is 349 g/mol. The number of halogens is 3. The molecule has 0 spiro atoms. The molecule has 2 rings (SSSR count). The summed E-state index contributed by atoms with van der Waals surface area (Å²) in [6.45, 7) is 2.94. The van der Waals surface area contributed by atoms with Gasteiger partial charge in [0.25, 0.3) is 0 Å². The zero-order valence-electron chi connectivity index (χ0n) is 10.4. The smallest absolute Gasteiger partial charge is 0.137 e. The van der Waals surface area contributed by atoms with Gasteiger partial charge in [0.15, 0.2) is 0 Å². The van der Waals surface area contributed by atoms with E-state index in [1.54, 1.807) is 17.4 Å². The Balaban J connectivity index is 1.86. The lowest BCUT2D eigenvalue weighted by Crippen LogP contribution is -2.21. The van der Waals surface area contributed by atoms with E-state index in [1.165, 1.54) is 10.9 Å². The standard InChI is InChI=1S/C14H14BrClFNS/c1-9(10-2-4-13(17)12(15)8-10)18-7-6-11-3-5-14(16)19-11/h2-5,8-9,18H,6-7H2,1H3. The summed E-state index contributed by atoms with van der Waals surface area (Å²) in [7, 11) is 0. The van der Waals surface area contributed by atoms with Gasteiger partial charge in [0, 0.05) is 17.5 Å². The summed E-state index contributed by atoms with van der Waals surface area (Å²) < 4.78 is 14.5. The normalized spacial score (nSPS) is 12.6. The first-order valence-electron chi connectivity index (χ1n) is 5.99. The lowest BCUT2D eigenvalue weighted by Gasteiger charge is -2.14. The van der Waals surface area contributed by atoms with Gasteiger partial charge < -0.3 is 5.32 Å². The Hall–Kier alpha value is -0.420. The van der Waals surface area contributed by atoms with Crippen LogP contribution in [0.15, 0.2) is 34.8 Å². The molecule has 0 amide bonds. The van der Waals surface area contributed by atoms with E-state index < -0.39 is 0 Å². The average molecular weight is 363 g/mol. The lowest BCUT2D eigenvalue weighted by molar-refractivity contribution is 0.573. The Kier molecular flexibility index (Phi) is 5.39. The summed E-state index contributed by atoms with van der Waals surface area (Å²) >= 11 is 10.7. The van der Waals surface area contributed by atoms with E-state index in [-0.39, 0.29) is 11.9 Å². The minimum Gasteiger partial charge on any atom is -0.310 e. The molecule has 0 aliphatic carbocycles. The molecule has 0 fully saturated rings. The fraction of sp³-hybridized carbons (Fsp3) is 0.286. The van der Waals surface area contributed by atoms with E-state index >= 15 is 0 Å². The first-order valence-corrected chi connectivity index (χ1v) is 7.97. The van der Waals surface area contributed by atoms with Crippen LogP contribution >= 0.6 is 38.9 Å². The third-order valence-corrected chi connectivity index (χ3v) is 4.79. The topological polar surface area (TPSA) is 12.0 Å². The molecule has 1 unspecified atom stereocenters. The Labute approximate surface area is 129 Å². The fourth-order valence-electron chi connectivity index (χ4n) is 1.80. The number of benzene rings is 1. The van der Waals surface area contributed by atoms with E-state index in [0.29, 0.717) is 4.47 Å². The van der Waals surface area contributed by atoms with Crippen LogP contribution in [-0.2, 0) is 6.42 Å². The highest BCUT2D eigenvalue weighted by atomic mass is 79.9. The maximum absolute atomic E-state index is 13.2. The summed E-state index contributed by atoms with van der Waals surface area (Å²) in [4.78, 5) is 1.27. The minimum atomic E-state index is -0.232. The summed E-state index contributed by atoms with van der Waals surface area (Å²) in [6.07, 6.45) is 0.949. The highest BCUT2D eigenvalue weighted by molar-refractivity contribution is 9.10. The lowest BCUT2D eigenvalue weighted by atomic mass is 10.1. The molecule has 102 valence electrons. The third-order valence-electron chi connectivity index (χ3n) is 2.89. The predicted octanol–water partition coefficient (Wildman–Crippen LogP) is 5.20. The highest BCUT2D eigenvalue weighted by Gasteiger charge is 2.07. The van der Waals surface area contributed by atoms with Crippen LogP contribution in [0.3, 0.4) is 0 Å². The summed E-state index contributed by atoms with van der Waals surface area (Å²) in [5.41, 5.74) is 1.07. The molecule has 0 bridgehead atoms. The summed E-state index contributed by atoms with van der Waals surface area (Å²) in [5, 5.41) is 3.42. The van der Waals surface area contributed by atoms with E-state index in [1.807, 2.05) is 18.2 Å². The zero-order chi connectivity index (χ0) is 13.8. The first kappa shape index (κ1) is 15.0. The van der Waals surface area contributed by atoms with Crippen molar-refractivity contribution in [2.24, 2.45) is 0 Å². The van der Waals surface area contributed by atoms with Crippen molar-refractivity contribution in [3.05, 3.63) is 55.4 Å². The number of rotatable bonds is 5. The Morgan fingerprint density at radius 3 is 2.79 bits per heavy atom. The average Bonchev–Trinajstić information content (AvgIpc) is 2.78. The van der Waals surface area contributed by atoms with Gasteiger partial charge in [0.1, 0.15) is 5.82 Å². The van der Waals surface area contributed by atoms with Crippen LogP contribution in [0.4, 0.5) is 4.39 Å². The van der Waals surface area contributed by atoms with Gasteiger partial charge in [-0.2, -0.15) is 0 Å². The Morgan fingerprint density at radius 2 is 2.16 bits per heavy atom. The molecule has 1 heterocycles. The number of hydrogen-bond donors (Lipinski definition) is 1. The number of nitrogens with one attached hydrogen (secondary N) is 1. The Bertz CT molecular complexity index is 558. The van der Waals surface area contributed by atoms with E-state index in [0.717, 1.165) is 22.9 Å². The van der Waals surface area contributed by atoms with Gasteiger partial charge in [0.2, 0.25) is 0 Å². The second-order valence-electron chi connectivity index (χ2n) is 4.31. The molecule has 0 saturated carbocycles. The quantitative estimate of drug-likeness (QED) is 0.771. The van der Waals surface area contributed by atoms with E-state index in [9.17, 15) is 4.39 Å². The molecule has 1 atom stereocenters. The van der Waals surface area contributed by atoms with Gasteiger partial charge in [-0.15, -0.1) is 11.3 Å². The SMILES string of the molecule is CC(NCCc1ccc(Cl)s1)c1ccc(F)c(Br)c1. The van der Waals surface area contributed by atoms with Gasteiger partial charge >= 0.3 is 0 Å². The van der Waals surface area contributed by atoms with Crippen LogP contribution in [0.2, 0.25) is 4.34 Å². The third kappa shape index (κ3) is 4.28. The molecule has 1 aromatic heterocycles. The number of thiophene rings is 1. The van der Waals surface area contributed by atoms with Crippen LogP contribution in [0.1, 0.15) is 23.4 Å². The van der Waals surface area contributed by atoms with E-state index in [4.69, 9.17) is 11.6 Å². The van der Waals surface area contributed by atoms with Gasteiger partial charge in [-0.1, -0.05) is 17.7 Å². The Morgan fingerprint density at radius 1 is 1.37 bits per heavy atom. The van der Waals surface area contributed by atoms with E-state index in [2.05, 4.69) is 28.2 Å². The van der Waals surface area contributed by atoms with Gasteiger partial charge in [-0.25, -0.2) is 4.39 Å². The molecule has 1 nitrogen and oxygen atoms in total. The van der Waals surface area contributed by atoms with Crippen molar-refractivity contribution in [2.75, 3.05) is 6.54 Å². The second kappa shape index (κ2) is 6.84. The molecule has 0 radical (unpaired) electrons. The maximum Gasteiger partial charge on any atom is 0.137 e. The zero-order valence-corrected chi connectivity index (χ0v) is 13.6. The second-order valence-corrected chi connectivity index (χ2v) is 6.96. The van der Waals surface area contributed by atoms with Crippen molar-refractivity contribution in [3.63, 3.8) is 0 Å². The van der Waals surface area contributed by atoms with Crippen LogP contribution in [0.5, 0.6) is 0 Å². The van der Waals surface area contributed by atoms with Crippen molar-refractivity contribution in [1.29, 1.82) is 0 Å². The van der Waals surface area contributed by atoms with Crippen molar-refractivity contribution < 1.29 is 4.39 Å². The molecule has 0 saturated heterocycles. The van der Waals surface area contributed by atoms with Crippen molar-refractivity contribution in [1.82, 2.24) is 5.32 Å².